The fourth-order valence-corrected chi connectivity index (χ4v) is 3.50. The number of aryl methyl sites for hydroxylation is 1. The first kappa shape index (κ1) is 22.0. The third kappa shape index (κ3) is 5.47. The Morgan fingerprint density at radius 2 is 2.13 bits per heavy atom. The summed E-state index contributed by atoms with van der Waals surface area (Å²) in [6.45, 7) is 8.67. The Kier molecular flexibility index (Phi) is 7.25. The topological polar surface area (TPSA) is 108 Å². The molecule has 0 fully saturated rings. The highest BCUT2D eigenvalue weighted by atomic mass is 16.5. The predicted molar refractivity (Wildman–Crippen MR) is 108 cm³/mol. The Labute approximate surface area is 176 Å². The number of rotatable bonds is 6. The van der Waals surface area contributed by atoms with E-state index in [-0.39, 0.29) is 23.6 Å². The first-order chi connectivity index (χ1) is 14.4. The predicted octanol–water partition coefficient (Wildman–Crippen LogP) is 2.40. The zero-order valence-electron chi connectivity index (χ0n) is 17.9. The maximum atomic E-state index is 12.8. The van der Waals surface area contributed by atoms with Crippen LogP contribution in [-0.4, -0.2) is 53.0 Å². The molecule has 3 heterocycles. The molecule has 0 saturated carbocycles. The highest BCUT2D eigenvalue weighted by molar-refractivity contribution is 5.94. The van der Waals surface area contributed by atoms with Gasteiger partial charge >= 0.3 is 5.97 Å². The average Bonchev–Trinajstić information content (AvgIpc) is 3.35. The van der Waals surface area contributed by atoms with Crippen LogP contribution in [0.25, 0.3) is 0 Å². The number of nitrogens with one attached hydrogen (secondary N) is 1. The van der Waals surface area contributed by atoms with Crippen molar-refractivity contribution >= 4 is 11.9 Å². The SMILES string of the molecule is CCn1nc(CC(C)(C)COC(=O)c2cocn2)c2c1C(=O)NCCCOCCC2. The summed E-state index contributed by atoms with van der Waals surface area (Å²) < 4.78 is 17.7. The molecule has 1 aliphatic rings. The molecule has 0 bridgehead atoms. The number of carbonyl (C=O) groups is 2. The second-order valence-corrected chi connectivity index (χ2v) is 8.21. The van der Waals surface area contributed by atoms with E-state index < -0.39 is 5.97 Å². The van der Waals surface area contributed by atoms with Crippen LogP contribution < -0.4 is 5.32 Å². The summed E-state index contributed by atoms with van der Waals surface area (Å²) in [5.74, 6) is -0.616. The zero-order chi connectivity index (χ0) is 21.6. The van der Waals surface area contributed by atoms with Crippen LogP contribution >= 0.6 is 0 Å². The van der Waals surface area contributed by atoms with E-state index in [1.807, 2.05) is 20.8 Å². The zero-order valence-corrected chi connectivity index (χ0v) is 17.9. The van der Waals surface area contributed by atoms with E-state index in [2.05, 4.69) is 10.3 Å². The normalized spacial score (nSPS) is 15.8. The van der Waals surface area contributed by atoms with Crippen molar-refractivity contribution in [2.75, 3.05) is 26.4 Å². The molecule has 0 aliphatic carbocycles. The van der Waals surface area contributed by atoms with Gasteiger partial charge in [-0.2, -0.15) is 5.10 Å². The third-order valence-electron chi connectivity index (χ3n) is 5.00. The van der Waals surface area contributed by atoms with Gasteiger partial charge < -0.3 is 19.2 Å². The van der Waals surface area contributed by atoms with Gasteiger partial charge in [0.1, 0.15) is 12.0 Å². The molecular formula is C21H30N4O5. The number of hydrogen-bond donors (Lipinski definition) is 1. The van der Waals surface area contributed by atoms with Gasteiger partial charge in [0.25, 0.3) is 5.91 Å². The van der Waals surface area contributed by atoms with Crippen LogP contribution in [0.4, 0.5) is 0 Å². The molecule has 0 aromatic carbocycles. The highest BCUT2D eigenvalue weighted by Gasteiger charge is 2.29. The van der Waals surface area contributed by atoms with Gasteiger partial charge in [-0.15, -0.1) is 0 Å². The van der Waals surface area contributed by atoms with Crippen molar-refractivity contribution in [2.45, 2.75) is 53.0 Å². The van der Waals surface area contributed by atoms with Gasteiger partial charge in [0.05, 0.1) is 12.3 Å². The molecule has 0 atom stereocenters. The van der Waals surface area contributed by atoms with Crippen LogP contribution in [0.1, 0.15) is 65.8 Å². The minimum absolute atomic E-state index is 0.0947. The quantitative estimate of drug-likeness (QED) is 0.718. The lowest BCUT2D eigenvalue weighted by atomic mass is 9.86. The fraction of sp³-hybridized carbons (Fsp3) is 0.619. The molecule has 1 aliphatic heterocycles. The van der Waals surface area contributed by atoms with Crippen molar-refractivity contribution < 1.29 is 23.5 Å². The van der Waals surface area contributed by atoms with Gasteiger partial charge in [-0.05, 0) is 26.2 Å². The molecule has 1 N–H and O–H groups in total. The second-order valence-electron chi connectivity index (χ2n) is 8.21. The number of aromatic nitrogens is 3. The van der Waals surface area contributed by atoms with Crippen molar-refractivity contribution in [3.05, 3.63) is 35.3 Å². The first-order valence-corrected chi connectivity index (χ1v) is 10.4. The molecule has 9 heteroatoms. The van der Waals surface area contributed by atoms with Crippen LogP contribution in [-0.2, 0) is 28.9 Å². The van der Waals surface area contributed by atoms with Crippen LogP contribution in [0.15, 0.2) is 17.1 Å². The number of hydrogen-bond acceptors (Lipinski definition) is 7. The summed E-state index contributed by atoms with van der Waals surface area (Å²) >= 11 is 0. The molecule has 164 valence electrons. The standard InChI is InChI=1S/C21H30N4O5/c1-4-25-18-15(7-5-9-28-10-6-8-22-19(18)26)16(24-25)11-21(2,3)13-30-20(27)17-12-29-14-23-17/h12,14H,4-11,13H2,1-3H3,(H,22,26). The summed E-state index contributed by atoms with van der Waals surface area (Å²) in [7, 11) is 0. The minimum atomic E-state index is -0.522. The van der Waals surface area contributed by atoms with Gasteiger partial charge in [0.2, 0.25) is 0 Å². The van der Waals surface area contributed by atoms with E-state index in [9.17, 15) is 9.59 Å². The van der Waals surface area contributed by atoms with Gasteiger partial charge in [-0.25, -0.2) is 9.78 Å². The Balaban J connectivity index is 1.78. The number of nitrogens with zero attached hydrogens (tertiary/aromatic N) is 3. The lowest BCUT2D eigenvalue weighted by Crippen LogP contribution is -2.28. The van der Waals surface area contributed by atoms with Crippen molar-refractivity contribution in [3.8, 4) is 0 Å². The Hall–Kier alpha value is -2.68. The van der Waals surface area contributed by atoms with Gasteiger partial charge in [0, 0.05) is 43.7 Å². The lowest BCUT2D eigenvalue weighted by molar-refractivity contribution is 0.0332. The summed E-state index contributed by atoms with van der Waals surface area (Å²) in [5, 5.41) is 7.72. The number of ether oxygens (including phenoxy) is 2. The number of esters is 1. The molecule has 0 unspecified atom stereocenters. The Bertz CT molecular complexity index is 857. The smallest absolute Gasteiger partial charge is 0.360 e. The van der Waals surface area contributed by atoms with Gasteiger partial charge in [-0.1, -0.05) is 13.8 Å². The summed E-state index contributed by atoms with van der Waals surface area (Å²) in [5.41, 5.74) is 2.22. The molecule has 2 aromatic heterocycles. The average molecular weight is 418 g/mol. The molecule has 30 heavy (non-hydrogen) atoms. The molecular weight excluding hydrogens is 388 g/mol. The Morgan fingerprint density at radius 1 is 1.33 bits per heavy atom. The highest BCUT2D eigenvalue weighted by Crippen LogP contribution is 2.27. The molecule has 2 aromatic rings. The molecule has 0 radical (unpaired) electrons. The Morgan fingerprint density at radius 3 is 2.87 bits per heavy atom. The maximum absolute atomic E-state index is 12.8. The molecule has 9 nitrogen and oxygen atoms in total. The van der Waals surface area contributed by atoms with E-state index in [0.717, 1.165) is 24.1 Å². The van der Waals surface area contributed by atoms with Crippen LogP contribution in [0.2, 0.25) is 0 Å². The van der Waals surface area contributed by atoms with E-state index in [0.29, 0.717) is 44.8 Å². The number of carbonyl (C=O) groups excluding carboxylic acids is 2. The van der Waals surface area contributed by atoms with Gasteiger partial charge in [0.15, 0.2) is 12.1 Å². The van der Waals surface area contributed by atoms with Crippen molar-refractivity contribution in [1.29, 1.82) is 0 Å². The summed E-state index contributed by atoms with van der Waals surface area (Å²) in [6.07, 6.45) is 5.35. The van der Waals surface area contributed by atoms with E-state index in [1.54, 1.807) is 4.68 Å². The molecule has 0 spiro atoms. The second kappa shape index (κ2) is 9.88. The summed E-state index contributed by atoms with van der Waals surface area (Å²) in [6, 6.07) is 0. The number of amides is 1. The number of oxazole rings is 1. The fourth-order valence-electron chi connectivity index (χ4n) is 3.50. The third-order valence-corrected chi connectivity index (χ3v) is 5.00. The van der Waals surface area contributed by atoms with Crippen molar-refractivity contribution in [3.63, 3.8) is 0 Å². The van der Waals surface area contributed by atoms with E-state index >= 15 is 0 Å². The minimum Gasteiger partial charge on any atom is -0.460 e. The first-order valence-electron chi connectivity index (χ1n) is 10.4. The van der Waals surface area contributed by atoms with Crippen LogP contribution in [0.5, 0.6) is 0 Å². The van der Waals surface area contributed by atoms with Gasteiger partial charge in [-0.3, -0.25) is 9.48 Å². The lowest BCUT2D eigenvalue weighted by Gasteiger charge is -2.23. The summed E-state index contributed by atoms with van der Waals surface area (Å²) in [4.78, 5) is 28.7. The van der Waals surface area contributed by atoms with Crippen molar-refractivity contribution in [2.24, 2.45) is 5.41 Å². The van der Waals surface area contributed by atoms with Crippen molar-refractivity contribution in [1.82, 2.24) is 20.1 Å². The molecule has 1 amide bonds. The van der Waals surface area contributed by atoms with E-state index in [4.69, 9.17) is 19.0 Å². The van der Waals surface area contributed by atoms with Crippen LogP contribution in [0, 0.1) is 5.41 Å². The largest absolute Gasteiger partial charge is 0.460 e. The molecule has 3 rings (SSSR count). The van der Waals surface area contributed by atoms with E-state index in [1.165, 1.54) is 12.7 Å². The molecule has 0 saturated heterocycles. The number of fused-ring (bicyclic) bond motifs is 1. The monoisotopic (exact) mass is 418 g/mol. The maximum Gasteiger partial charge on any atom is 0.360 e. The van der Waals surface area contributed by atoms with Crippen LogP contribution in [0.3, 0.4) is 0 Å².